The Bertz CT molecular complexity index is 969. The first kappa shape index (κ1) is 21.7. The van der Waals surface area contributed by atoms with Gasteiger partial charge in [0.1, 0.15) is 16.8 Å². The third-order valence-corrected chi connectivity index (χ3v) is 4.86. The maximum atomic E-state index is 9.41. The summed E-state index contributed by atoms with van der Waals surface area (Å²) in [5.74, 6) is 1.49. The van der Waals surface area contributed by atoms with Gasteiger partial charge in [0, 0.05) is 24.8 Å². The highest BCUT2D eigenvalue weighted by Crippen LogP contribution is 2.26. The molecule has 10 heteroatoms. The van der Waals surface area contributed by atoms with Crippen molar-refractivity contribution in [3.05, 3.63) is 29.7 Å². The van der Waals surface area contributed by atoms with E-state index in [4.69, 9.17) is 10.5 Å². The number of anilines is 2. The van der Waals surface area contributed by atoms with Gasteiger partial charge in [0.2, 0.25) is 5.95 Å². The number of ether oxygens (including phenoxy) is 1. The lowest BCUT2D eigenvalue weighted by molar-refractivity contribution is 0.276. The number of aromatic nitrogens is 5. The van der Waals surface area contributed by atoms with Crippen LogP contribution in [-0.4, -0.2) is 56.6 Å². The van der Waals surface area contributed by atoms with E-state index in [1.165, 1.54) is 0 Å². The van der Waals surface area contributed by atoms with E-state index in [1.54, 1.807) is 19.5 Å². The zero-order chi connectivity index (χ0) is 21.5. The second kappa shape index (κ2) is 10.2. The summed E-state index contributed by atoms with van der Waals surface area (Å²) in [4.78, 5) is 13.2. The highest BCUT2D eigenvalue weighted by atomic mass is 16.5. The third kappa shape index (κ3) is 4.95. The molecule has 0 spiro atoms. The Hall–Kier alpha value is -2.98. The Morgan fingerprint density at radius 1 is 1.27 bits per heavy atom. The molecule has 0 aliphatic carbocycles. The normalized spacial score (nSPS) is 12.3. The maximum Gasteiger partial charge on any atom is 0.222 e. The SMILES string of the molecule is CCCC(CCO)Nc1nc(N)nc2cnn(Cc3cc(CNC)ncc3OC)c12. The minimum Gasteiger partial charge on any atom is -0.495 e. The number of fused-ring (bicyclic) bond motifs is 1. The molecule has 1 atom stereocenters. The van der Waals surface area contributed by atoms with Gasteiger partial charge in [0.25, 0.3) is 0 Å². The van der Waals surface area contributed by atoms with Gasteiger partial charge in [-0.05, 0) is 26.0 Å². The maximum absolute atomic E-state index is 9.41. The molecule has 0 fully saturated rings. The predicted molar refractivity (Wildman–Crippen MR) is 116 cm³/mol. The summed E-state index contributed by atoms with van der Waals surface area (Å²) in [6.07, 6.45) is 5.93. The van der Waals surface area contributed by atoms with Gasteiger partial charge in [0.05, 0.1) is 31.7 Å². The molecule has 0 saturated heterocycles. The Labute approximate surface area is 175 Å². The van der Waals surface area contributed by atoms with Crippen LogP contribution in [0.15, 0.2) is 18.5 Å². The van der Waals surface area contributed by atoms with E-state index in [2.05, 4.69) is 37.6 Å². The van der Waals surface area contributed by atoms with Crippen LogP contribution in [0.25, 0.3) is 11.0 Å². The number of nitrogens with one attached hydrogen (secondary N) is 2. The molecule has 30 heavy (non-hydrogen) atoms. The Kier molecular flexibility index (Phi) is 7.36. The topological polar surface area (TPSA) is 136 Å². The van der Waals surface area contributed by atoms with Crippen molar-refractivity contribution in [3.8, 4) is 5.75 Å². The van der Waals surface area contributed by atoms with Crippen molar-refractivity contribution in [1.82, 2.24) is 30.0 Å². The van der Waals surface area contributed by atoms with Gasteiger partial charge in [0.15, 0.2) is 5.82 Å². The summed E-state index contributed by atoms with van der Waals surface area (Å²) in [5, 5.41) is 20.5. The van der Waals surface area contributed by atoms with E-state index in [9.17, 15) is 5.11 Å². The third-order valence-electron chi connectivity index (χ3n) is 4.86. The molecule has 1 unspecified atom stereocenters. The monoisotopic (exact) mass is 414 g/mol. The molecule has 3 heterocycles. The predicted octanol–water partition coefficient (Wildman–Crippen LogP) is 1.54. The molecule has 3 aromatic rings. The molecule has 0 saturated carbocycles. The summed E-state index contributed by atoms with van der Waals surface area (Å²) in [6.45, 7) is 3.33. The molecule has 0 amide bonds. The molecular formula is C20H30N8O2. The highest BCUT2D eigenvalue weighted by molar-refractivity contribution is 5.86. The number of pyridine rings is 1. The summed E-state index contributed by atoms with van der Waals surface area (Å²) in [5.41, 5.74) is 9.21. The Morgan fingerprint density at radius 3 is 2.80 bits per heavy atom. The number of nitrogens with two attached hydrogens (primary N) is 1. The molecule has 0 aliphatic rings. The lowest BCUT2D eigenvalue weighted by atomic mass is 10.1. The smallest absolute Gasteiger partial charge is 0.222 e. The lowest BCUT2D eigenvalue weighted by Crippen LogP contribution is -2.22. The van der Waals surface area contributed by atoms with Gasteiger partial charge in [-0.1, -0.05) is 13.3 Å². The van der Waals surface area contributed by atoms with E-state index in [0.29, 0.717) is 36.6 Å². The molecule has 0 aromatic carbocycles. The van der Waals surface area contributed by atoms with Crippen LogP contribution in [0.5, 0.6) is 5.75 Å². The highest BCUT2D eigenvalue weighted by Gasteiger charge is 2.17. The minimum atomic E-state index is 0.0820. The first-order valence-corrected chi connectivity index (χ1v) is 10.1. The van der Waals surface area contributed by atoms with Gasteiger partial charge in [-0.3, -0.25) is 9.67 Å². The van der Waals surface area contributed by atoms with Gasteiger partial charge in [-0.2, -0.15) is 10.1 Å². The van der Waals surface area contributed by atoms with Gasteiger partial charge in [-0.15, -0.1) is 0 Å². The molecule has 0 bridgehead atoms. The summed E-state index contributed by atoms with van der Waals surface area (Å²) >= 11 is 0. The van der Waals surface area contributed by atoms with Crippen LogP contribution >= 0.6 is 0 Å². The molecule has 3 rings (SSSR count). The van der Waals surface area contributed by atoms with Crippen LogP contribution in [0.1, 0.15) is 37.4 Å². The van der Waals surface area contributed by atoms with Crippen molar-refractivity contribution >= 4 is 22.8 Å². The van der Waals surface area contributed by atoms with Crippen LogP contribution in [-0.2, 0) is 13.1 Å². The fourth-order valence-electron chi connectivity index (χ4n) is 3.50. The molecule has 5 N–H and O–H groups in total. The number of hydrogen-bond acceptors (Lipinski definition) is 9. The quantitative estimate of drug-likeness (QED) is 0.368. The molecule has 3 aromatic heterocycles. The minimum absolute atomic E-state index is 0.0820. The zero-order valence-electron chi connectivity index (χ0n) is 17.7. The van der Waals surface area contributed by atoms with E-state index >= 15 is 0 Å². The van der Waals surface area contributed by atoms with E-state index < -0.39 is 0 Å². The van der Waals surface area contributed by atoms with E-state index in [0.717, 1.165) is 29.6 Å². The van der Waals surface area contributed by atoms with Crippen molar-refractivity contribution in [2.75, 3.05) is 31.8 Å². The zero-order valence-corrected chi connectivity index (χ0v) is 17.7. The van der Waals surface area contributed by atoms with Crippen molar-refractivity contribution in [3.63, 3.8) is 0 Å². The van der Waals surface area contributed by atoms with Crippen LogP contribution in [0.3, 0.4) is 0 Å². The number of aliphatic hydroxyl groups is 1. The standard InChI is InChI=1S/C20H30N8O2/c1-4-5-14(6-7-29)25-19-18-16(26-20(21)27-19)10-24-28(18)12-13-8-15(9-22-2)23-11-17(13)30-3/h8,10-11,14,22,29H,4-7,9,12H2,1-3H3,(H3,21,25,26,27). The van der Waals surface area contributed by atoms with Crippen molar-refractivity contribution in [2.24, 2.45) is 0 Å². The van der Waals surface area contributed by atoms with Crippen LogP contribution < -0.4 is 21.1 Å². The number of hydrogen-bond donors (Lipinski definition) is 4. The first-order chi connectivity index (χ1) is 14.6. The summed E-state index contributed by atoms with van der Waals surface area (Å²) < 4.78 is 7.33. The molecule has 10 nitrogen and oxygen atoms in total. The average Bonchev–Trinajstić information content (AvgIpc) is 3.11. The fraction of sp³-hybridized carbons (Fsp3) is 0.500. The number of rotatable bonds is 11. The van der Waals surface area contributed by atoms with Gasteiger partial charge in [-0.25, -0.2) is 4.98 Å². The van der Waals surface area contributed by atoms with Crippen molar-refractivity contribution < 1.29 is 9.84 Å². The second-order valence-electron chi connectivity index (χ2n) is 7.13. The number of methoxy groups -OCH3 is 1. The lowest BCUT2D eigenvalue weighted by Gasteiger charge is -2.19. The van der Waals surface area contributed by atoms with E-state index in [1.807, 2.05) is 17.8 Å². The second-order valence-corrected chi connectivity index (χ2v) is 7.13. The summed E-state index contributed by atoms with van der Waals surface area (Å²) in [7, 11) is 3.51. The average molecular weight is 415 g/mol. The van der Waals surface area contributed by atoms with Gasteiger partial charge < -0.3 is 26.2 Å². The largest absolute Gasteiger partial charge is 0.495 e. The van der Waals surface area contributed by atoms with Crippen LogP contribution in [0.4, 0.5) is 11.8 Å². The molecule has 162 valence electrons. The number of nitrogens with zero attached hydrogens (tertiary/aromatic N) is 5. The molecule has 0 aliphatic heterocycles. The van der Waals surface area contributed by atoms with Crippen molar-refractivity contribution in [1.29, 1.82) is 0 Å². The Morgan fingerprint density at radius 2 is 2.10 bits per heavy atom. The fourth-order valence-corrected chi connectivity index (χ4v) is 3.50. The Balaban J connectivity index is 2.00. The van der Waals surface area contributed by atoms with Crippen molar-refractivity contribution in [2.45, 2.75) is 45.3 Å². The first-order valence-electron chi connectivity index (χ1n) is 10.1. The van der Waals surface area contributed by atoms with E-state index in [-0.39, 0.29) is 18.6 Å². The van der Waals surface area contributed by atoms with Crippen LogP contribution in [0, 0.1) is 0 Å². The number of aliphatic hydroxyl groups excluding tert-OH is 1. The van der Waals surface area contributed by atoms with Crippen LogP contribution in [0.2, 0.25) is 0 Å². The number of nitrogen functional groups attached to an aromatic ring is 1. The summed E-state index contributed by atoms with van der Waals surface area (Å²) in [6, 6.07) is 2.08. The molecule has 0 radical (unpaired) electrons. The van der Waals surface area contributed by atoms with Gasteiger partial charge >= 0.3 is 0 Å². The molecular weight excluding hydrogens is 384 g/mol.